The zero-order valence-corrected chi connectivity index (χ0v) is 9.09. The highest BCUT2D eigenvalue weighted by molar-refractivity contribution is 5.86. The summed E-state index contributed by atoms with van der Waals surface area (Å²) in [5, 5.41) is 41.6. The lowest BCUT2D eigenvalue weighted by Gasteiger charge is -2.23. The summed E-state index contributed by atoms with van der Waals surface area (Å²) < 4.78 is 0. The molecular formula is C9H18O7. The van der Waals surface area contributed by atoms with E-state index in [1.165, 1.54) is 6.92 Å². The van der Waals surface area contributed by atoms with E-state index in [-0.39, 0.29) is 5.57 Å². The van der Waals surface area contributed by atoms with E-state index in [2.05, 4.69) is 11.5 Å². The van der Waals surface area contributed by atoms with Gasteiger partial charge in [0, 0.05) is 5.57 Å². The third-order valence-corrected chi connectivity index (χ3v) is 1.77. The highest BCUT2D eigenvalue weighted by Crippen LogP contribution is 2.11. The van der Waals surface area contributed by atoms with E-state index in [4.69, 9.17) is 25.7 Å². The van der Waals surface area contributed by atoms with E-state index in [1.807, 2.05) is 0 Å². The summed E-state index contributed by atoms with van der Waals surface area (Å²) in [6.45, 7) is 3.01. The van der Waals surface area contributed by atoms with Crippen molar-refractivity contribution in [1.82, 2.24) is 0 Å². The van der Waals surface area contributed by atoms with Crippen LogP contribution in [-0.2, 0) is 9.68 Å². The van der Waals surface area contributed by atoms with Crippen LogP contribution in [0.1, 0.15) is 6.92 Å². The van der Waals surface area contributed by atoms with Crippen molar-refractivity contribution < 1.29 is 35.4 Å². The smallest absolute Gasteiger partial charge is 0.367 e. The first-order chi connectivity index (χ1) is 7.42. The molecule has 0 aliphatic rings. The van der Waals surface area contributed by atoms with Crippen LogP contribution in [0.15, 0.2) is 12.2 Å². The van der Waals surface area contributed by atoms with Gasteiger partial charge in [-0.1, -0.05) is 6.58 Å². The fourth-order valence-electron chi connectivity index (χ4n) is 0.378. The Bertz CT molecular complexity index is 192. The average Bonchev–Trinajstić information content (AvgIpc) is 2.32. The van der Waals surface area contributed by atoms with E-state index in [1.54, 1.807) is 0 Å². The Labute approximate surface area is 93.2 Å². The number of carbonyl (C=O) groups excluding carboxylic acids is 1. The number of rotatable bonds is 5. The van der Waals surface area contributed by atoms with Crippen molar-refractivity contribution in [3.63, 3.8) is 0 Å². The molecule has 0 atom stereocenters. The van der Waals surface area contributed by atoms with Crippen LogP contribution in [0.2, 0.25) is 0 Å². The molecule has 0 aliphatic heterocycles. The van der Waals surface area contributed by atoms with Crippen LogP contribution in [0, 0.1) is 5.41 Å². The summed E-state index contributed by atoms with van der Waals surface area (Å²) in [5.41, 5.74) is -0.928. The van der Waals surface area contributed by atoms with Crippen LogP contribution in [-0.4, -0.2) is 58.1 Å². The minimum atomic E-state index is -1.11. The molecule has 0 rings (SSSR count). The molecule has 0 amide bonds. The number of carbonyl (C=O) groups is 1. The zero-order valence-electron chi connectivity index (χ0n) is 9.09. The van der Waals surface area contributed by atoms with Gasteiger partial charge in [0.1, 0.15) is 0 Å². The Balaban J connectivity index is 0. The highest BCUT2D eigenvalue weighted by atomic mass is 17.1. The molecule has 0 aromatic rings. The summed E-state index contributed by atoms with van der Waals surface area (Å²) in [6.07, 6.45) is 0. The molecule has 0 saturated heterocycles. The Kier molecular flexibility index (Phi) is 10.1. The predicted molar refractivity (Wildman–Crippen MR) is 54.3 cm³/mol. The molecule has 16 heavy (non-hydrogen) atoms. The summed E-state index contributed by atoms with van der Waals surface area (Å²) in [4.78, 5) is 13.2. The van der Waals surface area contributed by atoms with Gasteiger partial charge < -0.3 is 20.4 Å². The zero-order chi connectivity index (χ0) is 13.2. The fourth-order valence-corrected chi connectivity index (χ4v) is 0.378. The topological polar surface area (TPSA) is 127 Å². The van der Waals surface area contributed by atoms with Crippen molar-refractivity contribution in [3.8, 4) is 0 Å². The van der Waals surface area contributed by atoms with E-state index in [0.717, 1.165) is 0 Å². The number of aliphatic hydroxyl groups is 4. The van der Waals surface area contributed by atoms with Gasteiger partial charge in [-0.05, 0) is 6.92 Å². The van der Waals surface area contributed by atoms with Crippen LogP contribution in [0.3, 0.4) is 0 Å². The maximum Gasteiger partial charge on any atom is 0.367 e. The van der Waals surface area contributed by atoms with E-state index in [9.17, 15) is 4.79 Å². The normalized spacial score (nSPS) is 10.1. The number of aliphatic hydroxyl groups excluding tert-OH is 4. The van der Waals surface area contributed by atoms with Gasteiger partial charge in [0.05, 0.1) is 31.8 Å². The minimum Gasteiger partial charge on any atom is -0.396 e. The summed E-state index contributed by atoms with van der Waals surface area (Å²) >= 11 is 0. The Morgan fingerprint density at radius 2 is 1.44 bits per heavy atom. The summed E-state index contributed by atoms with van der Waals surface area (Å²) in [5.74, 6) is -0.792. The molecule has 0 aromatic carbocycles. The third-order valence-electron chi connectivity index (χ3n) is 1.77. The van der Waals surface area contributed by atoms with Crippen LogP contribution in [0.25, 0.3) is 0 Å². The lowest BCUT2D eigenvalue weighted by molar-refractivity contribution is -0.229. The maximum atomic E-state index is 9.94. The van der Waals surface area contributed by atoms with Crippen molar-refractivity contribution in [2.45, 2.75) is 6.92 Å². The van der Waals surface area contributed by atoms with E-state index in [0.29, 0.717) is 0 Å². The second-order valence-electron chi connectivity index (χ2n) is 3.29. The molecule has 0 aliphatic carbocycles. The molecule has 0 bridgehead atoms. The molecule has 0 radical (unpaired) electrons. The van der Waals surface area contributed by atoms with Gasteiger partial charge in [-0.25, -0.2) is 4.79 Å². The molecule has 7 heteroatoms. The first kappa shape index (κ1) is 17.4. The van der Waals surface area contributed by atoms with Crippen LogP contribution in [0.5, 0.6) is 0 Å². The molecule has 0 saturated carbocycles. The molecule has 0 spiro atoms. The number of hydrogen-bond acceptors (Lipinski definition) is 7. The summed E-state index contributed by atoms with van der Waals surface area (Å²) in [7, 11) is 0. The van der Waals surface area contributed by atoms with Crippen molar-refractivity contribution in [1.29, 1.82) is 0 Å². The van der Waals surface area contributed by atoms with Crippen LogP contribution < -0.4 is 0 Å². The highest BCUT2D eigenvalue weighted by Gasteiger charge is 2.26. The van der Waals surface area contributed by atoms with Crippen molar-refractivity contribution in [2.75, 3.05) is 26.4 Å². The van der Waals surface area contributed by atoms with Gasteiger partial charge in [-0.15, -0.1) is 0 Å². The van der Waals surface area contributed by atoms with Gasteiger partial charge in [0.25, 0.3) is 0 Å². The average molecular weight is 238 g/mol. The molecular weight excluding hydrogens is 220 g/mol. The standard InChI is InChI=1S/C5H12O4.C4H6O3/c6-1-5(2-7,3-8)4-9;1-3(2)4(5)7-6/h6-9H,1-4H2;6H,1H2,2H3. The van der Waals surface area contributed by atoms with Gasteiger partial charge in [-0.3, -0.25) is 4.89 Å². The van der Waals surface area contributed by atoms with Crippen molar-refractivity contribution in [2.24, 2.45) is 5.41 Å². The van der Waals surface area contributed by atoms with Crippen molar-refractivity contribution >= 4 is 5.97 Å². The monoisotopic (exact) mass is 238 g/mol. The SMILES string of the molecule is C=C(C)C(=O)OO.OCC(CO)(CO)CO. The van der Waals surface area contributed by atoms with Gasteiger partial charge in [0.2, 0.25) is 0 Å². The fraction of sp³-hybridized carbons (Fsp3) is 0.667. The Morgan fingerprint density at radius 1 is 1.12 bits per heavy atom. The molecule has 96 valence electrons. The lowest BCUT2D eigenvalue weighted by atomic mass is 9.93. The largest absolute Gasteiger partial charge is 0.396 e. The van der Waals surface area contributed by atoms with Gasteiger partial charge in [0.15, 0.2) is 0 Å². The molecule has 0 heterocycles. The van der Waals surface area contributed by atoms with Crippen LogP contribution >= 0.6 is 0 Å². The molecule has 0 aromatic heterocycles. The first-order valence-corrected chi connectivity index (χ1v) is 4.37. The second-order valence-corrected chi connectivity index (χ2v) is 3.29. The van der Waals surface area contributed by atoms with E-state index < -0.39 is 37.8 Å². The van der Waals surface area contributed by atoms with Gasteiger partial charge in [-0.2, -0.15) is 5.26 Å². The maximum absolute atomic E-state index is 9.94. The first-order valence-electron chi connectivity index (χ1n) is 4.37. The predicted octanol–water partition coefficient (Wildman–Crippen LogP) is -1.48. The molecule has 5 N–H and O–H groups in total. The second kappa shape index (κ2) is 9.25. The summed E-state index contributed by atoms with van der Waals surface area (Å²) in [6, 6.07) is 0. The minimum absolute atomic E-state index is 0.183. The van der Waals surface area contributed by atoms with Gasteiger partial charge >= 0.3 is 5.97 Å². The van der Waals surface area contributed by atoms with Crippen LogP contribution in [0.4, 0.5) is 0 Å². The molecule has 7 nitrogen and oxygen atoms in total. The Morgan fingerprint density at radius 3 is 1.44 bits per heavy atom. The third kappa shape index (κ3) is 6.49. The molecule has 0 fully saturated rings. The Hall–Kier alpha value is -0.990. The quantitative estimate of drug-likeness (QED) is 0.224. The number of hydrogen-bond donors (Lipinski definition) is 5. The van der Waals surface area contributed by atoms with Crippen molar-refractivity contribution in [3.05, 3.63) is 12.2 Å². The molecule has 0 unspecified atom stereocenters. The lowest BCUT2D eigenvalue weighted by Crippen LogP contribution is -2.37. The van der Waals surface area contributed by atoms with E-state index >= 15 is 0 Å².